The molecule has 4 rings (SSSR count). The van der Waals surface area contributed by atoms with E-state index in [0.29, 0.717) is 18.7 Å². The number of nitrogens with zero attached hydrogens (tertiary/aromatic N) is 4. The molecule has 3 atom stereocenters. The van der Waals surface area contributed by atoms with Gasteiger partial charge in [-0.2, -0.15) is 0 Å². The first kappa shape index (κ1) is 24.6. The molecular formula is C22H28N6O6S. The van der Waals surface area contributed by atoms with Gasteiger partial charge in [-0.15, -0.1) is 0 Å². The zero-order chi connectivity index (χ0) is 25.5. The maximum atomic E-state index is 12.5. The smallest absolute Gasteiger partial charge is 0.410 e. The van der Waals surface area contributed by atoms with Crippen molar-refractivity contribution in [2.75, 3.05) is 23.4 Å². The summed E-state index contributed by atoms with van der Waals surface area (Å²) in [6.07, 6.45) is 3.40. The van der Waals surface area contributed by atoms with Gasteiger partial charge in [-0.1, -0.05) is 0 Å². The molecule has 0 radical (unpaired) electrons. The highest BCUT2D eigenvalue weighted by Crippen LogP contribution is 2.41. The third-order valence-electron chi connectivity index (χ3n) is 6.04. The number of ether oxygens (including phenoxy) is 1. The lowest BCUT2D eigenvalue weighted by Gasteiger charge is -2.33. The minimum atomic E-state index is -3.36. The normalized spacial score (nSPS) is 21.6. The maximum absolute atomic E-state index is 12.5. The third-order valence-corrected chi connectivity index (χ3v) is 7.17. The Labute approximate surface area is 203 Å². The van der Waals surface area contributed by atoms with Crippen LogP contribution in [-0.4, -0.2) is 64.8 Å². The van der Waals surface area contributed by atoms with E-state index in [2.05, 4.69) is 20.6 Å². The summed E-state index contributed by atoms with van der Waals surface area (Å²) in [5, 5.41) is 18.0. The van der Waals surface area contributed by atoms with Gasteiger partial charge in [0, 0.05) is 30.6 Å². The first-order valence-electron chi connectivity index (χ1n) is 11.1. The van der Waals surface area contributed by atoms with Crippen LogP contribution in [0.1, 0.15) is 33.6 Å². The number of sulfone groups is 1. The van der Waals surface area contributed by atoms with E-state index in [1.165, 1.54) is 30.6 Å². The third kappa shape index (κ3) is 5.45. The molecular weight excluding hydrogens is 476 g/mol. The fourth-order valence-electron chi connectivity index (χ4n) is 4.52. The van der Waals surface area contributed by atoms with Crippen molar-refractivity contribution >= 4 is 38.9 Å². The van der Waals surface area contributed by atoms with Gasteiger partial charge in [0.2, 0.25) is 11.6 Å². The average Bonchev–Trinajstić information content (AvgIpc) is 3.33. The molecule has 1 aliphatic carbocycles. The lowest BCUT2D eigenvalue weighted by atomic mass is 10.0. The van der Waals surface area contributed by atoms with Crippen LogP contribution in [-0.2, 0) is 14.6 Å². The van der Waals surface area contributed by atoms with Gasteiger partial charge in [-0.25, -0.2) is 23.2 Å². The van der Waals surface area contributed by atoms with Crippen LogP contribution in [0.15, 0.2) is 35.5 Å². The number of carbonyl (C=O) groups excluding carboxylic acids is 1. The van der Waals surface area contributed by atoms with Crippen LogP contribution in [0, 0.1) is 16.0 Å². The number of amides is 1. The molecule has 2 N–H and O–H groups in total. The van der Waals surface area contributed by atoms with Gasteiger partial charge < -0.3 is 20.3 Å². The number of nitrogens with one attached hydrogen (secondary N) is 2. The Morgan fingerprint density at radius 3 is 2.37 bits per heavy atom. The molecule has 2 aliphatic rings. The number of benzene rings is 1. The Kier molecular flexibility index (Phi) is 6.30. The molecule has 188 valence electrons. The second-order valence-electron chi connectivity index (χ2n) is 9.87. The van der Waals surface area contributed by atoms with E-state index in [4.69, 9.17) is 4.74 Å². The SMILES string of the molecule is CC(C)(C)OC(=O)N1CC2CC1CC2Nc1ncnc(Nc2ccc(S(C)(=O)=O)cc2)c1[N+](=O)[O-]. The maximum Gasteiger partial charge on any atom is 0.410 e. The van der Waals surface area contributed by atoms with Crippen LogP contribution < -0.4 is 10.6 Å². The largest absolute Gasteiger partial charge is 0.444 e. The molecule has 13 heteroatoms. The zero-order valence-corrected chi connectivity index (χ0v) is 20.7. The molecule has 1 aliphatic heterocycles. The van der Waals surface area contributed by atoms with Crippen molar-refractivity contribution < 1.29 is 22.9 Å². The second kappa shape index (κ2) is 8.95. The Hall–Kier alpha value is -3.48. The number of piperidine rings is 1. The van der Waals surface area contributed by atoms with Crippen molar-refractivity contribution in [2.45, 2.75) is 56.2 Å². The molecule has 3 unspecified atom stereocenters. The Balaban J connectivity index is 1.49. The first-order chi connectivity index (χ1) is 16.3. The molecule has 1 saturated carbocycles. The number of carbonyl (C=O) groups is 1. The fraction of sp³-hybridized carbons (Fsp3) is 0.500. The van der Waals surface area contributed by atoms with Gasteiger partial charge in [0.05, 0.1) is 9.82 Å². The lowest BCUT2D eigenvalue weighted by Crippen LogP contribution is -2.45. The fourth-order valence-corrected chi connectivity index (χ4v) is 5.15. The van der Waals surface area contributed by atoms with Crippen molar-refractivity contribution in [3.8, 4) is 0 Å². The molecule has 1 amide bonds. The second-order valence-corrected chi connectivity index (χ2v) is 11.9. The van der Waals surface area contributed by atoms with Crippen LogP contribution in [0.4, 0.5) is 27.8 Å². The van der Waals surface area contributed by atoms with Crippen molar-refractivity contribution in [3.63, 3.8) is 0 Å². The predicted molar refractivity (Wildman–Crippen MR) is 128 cm³/mol. The van der Waals surface area contributed by atoms with E-state index in [-0.39, 0.29) is 46.3 Å². The highest BCUT2D eigenvalue weighted by atomic mass is 32.2. The number of fused-ring (bicyclic) bond motifs is 2. The molecule has 2 aromatic rings. The van der Waals surface area contributed by atoms with Gasteiger partial charge in [-0.3, -0.25) is 10.1 Å². The van der Waals surface area contributed by atoms with Crippen LogP contribution >= 0.6 is 0 Å². The predicted octanol–water partition coefficient (Wildman–Crippen LogP) is 3.34. The Morgan fingerprint density at radius 1 is 1.17 bits per heavy atom. The molecule has 1 saturated heterocycles. The summed E-state index contributed by atoms with van der Waals surface area (Å²) < 4.78 is 28.8. The van der Waals surface area contributed by atoms with E-state index in [1.807, 2.05) is 20.8 Å². The van der Waals surface area contributed by atoms with E-state index >= 15 is 0 Å². The van der Waals surface area contributed by atoms with Crippen LogP contribution in [0.2, 0.25) is 0 Å². The number of aromatic nitrogens is 2. The standard InChI is InChI=1S/C22H28N6O6S/c1-22(2,3)34-21(29)27-11-13-9-15(27)10-17(13)26-20-18(28(30)31)19(23-12-24-20)25-14-5-7-16(8-6-14)35(4,32)33/h5-8,12-13,15,17H,9-11H2,1-4H3,(H2,23,24,25,26). The summed E-state index contributed by atoms with van der Waals surface area (Å²) in [7, 11) is -3.36. The van der Waals surface area contributed by atoms with E-state index in [1.54, 1.807) is 4.90 Å². The summed E-state index contributed by atoms with van der Waals surface area (Å²) in [5.74, 6) is 0.182. The van der Waals surface area contributed by atoms with Gasteiger partial charge in [0.1, 0.15) is 11.9 Å². The van der Waals surface area contributed by atoms with Crippen molar-refractivity contribution in [1.29, 1.82) is 0 Å². The highest BCUT2D eigenvalue weighted by molar-refractivity contribution is 7.90. The summed E-state index contributed by atoms with van der Waals surface area (Å²) in [6.45, 7) is 5.98. The number of likely N-dealkylation sites (tertiary alicyclic amines) is 1. The molecule has 0 spiro atoms. The average molecular weight is 505 g/mol. The van der Waals surface area contributed by atoms with E-state index < -0.39 is 20.4 Å². The van der Waals surface area contributed by atoms with Gasteiger partial charge in [-0.05, 0) is 63.8 Å². The van der Waals surface area contributed by atoms with Crippen molar-refractivity contribution in [3.05, 3.63) is 40.7 Å². The van der Waals surface area contributed by atoms with E-state index in [9.17, 15) is 23.3 Å². The number of nitro groups is 1. The zero-order valence-electron chi connectivity index (χ0n) is 19.9. The number of hydrogen-bond acceptors (Lipinski definition) is 10. The van der Waals surface area contributed by atoms with Crippen LogP contribution in [0.25, 0.3) is 0 Å². The monoisotopic (exact) mass is 504 g/mol. The van der Waals surface area contributed by atoms with Crippen molar-refractivity contribution in [2.24, 2.45) is 5.92 Å². The van der Waals surface area contributed by atoms with Gasteiger partial charge in [0.15, 0.2) is 9.84 Å². The van der Waals surface area contributed by atoms with E-state index in [0.717, 1.165) is 12.7 Å². The minimum Gasteiger partial charge on any atom is -0.444 e. The van der Waals surface area contributed by atoms with Crippen molar-refractivity contribution in [1.82, 2.24) is 14.9 Å². The van der Waals surface area contributed by atoms with Crippen LogP contribution in [0.5, 0.6) is 0 Å². The molecule has 2 bridgehead atoms. The molecule has 2 fully saturated rings. The number of hydrogen-bond donors (Lipinski definition) is 2. The van der Waals surface area contributed by atoms with Gasteiger partial charge >= 0.3 is 11.8 Å². The lowest BCUT2D eigenvalue weighted by molar-refractivity contribution is -0.383. The molecule has 35 heavy (non-hydrogen) atoms. The Bertz CT molecular complexity index is 1240. The summed E-state index contributed by atoms with van der Waals surface area (Å²) in [4.78, 5) is 33.9. The minimum absolute atomic E-state index is 0.000743. The number of anilines is 3. The topological polar surface area (TPSA) is 157 Å². The number of rotatable bonds is 6. The molecule has 12 nitrogen and oxygen atoms in total. The molecule has 2 heterocycles. The quantitative estimate of drug-likeness (QED) is 0.441. The first-order valence-corrected chi connectivity index (χ1v) is 13.0. The molecule has 1 aromatic carbocycles. The van der Waals surface area contributed by atoms with Crippen LogP contribution in [0.3, 0.4) is 0 Å². The van der Waals surface area contributed by atoms with Gasteiger partial charge in [0.25, 0.3) is 0 Å². The summed E-state index contributed by atoms with van der Waals surface area (Å²) >= 11 is 0. The molecule has 1 aromatic heterocycles. The highest BCUT2D eigenvalue weighted by Gasteiger charge is 2.48. The summed E-state index contributed by atoms with van der Waals surface area (Å²) in [5.41, 5.74) is -0.448. The summed E-state index contributed by atoms with van der Waals surface area (Å²) in [6, 6.07) is 5.76. The Morgan fingerprint density at radius 2 is 1.83 bits per heavy atom.